The third-order valence-electron chi connectivity index (χ3n) is 5.51. The lowest BCUT2D eigenvalue weighted by Crippen LogP contribution is -2.27. The molecule has 0 bridgehead atoms. The highest BCUT2D eigenvalue weighted by atomic mass is 16.2. The van der Waals surface area contributed by atoms with Crippen molar-refractivity contribution in [3.8, 4) is 0 Å². The molecule has 0 atom stereocenters. The van der Waals surface area contributed by atoms with Crippen molar-refractivity contribution in [2.75, 3.05) is 11.4 Å². The van der Waals surface area contributed by atoms with Gasteiger partial charge in [0.15, 0.2) is 5.71 Å². The van der Waals surface area contributed by atoms with Crippen LogP contribution in [0.1, 0.15) is 46.1 Å². The highest BCUT2D eigenvalue weighted by Gasteiger charge is 2.43. The second-order valence-corrected chi connectivity index (χ2v) is 7.96. The Hall–Kier alpha value is -2.94. The Morgan fingerprint density at radius 1 is 1.03 bits per heavy atom. The summed E-state index contributed by atoms with van der Waals surface area (Å²) >= 11 is 0. The zero-order valence-electron chi connectivity index (χ0n) is 17.9. The standard InChI is InChI=1S/C26H31N2O/c1-5-6-19-28-24-17-11-10-16-23(24)26(3,4)25(28)18-12-13-20-27(21(2)29)22-14-8-7-9-15-22/h7-18,20H,5-6,19H2,1-4H3/q+1. The Balaban J connectivity index is 1.89. The average molecular weight is 388 g/mol. The number of rotatable bonds is 7. The molecular formula is C26H31N2O+. The van der Waals surface area contributed by atoms with Gasteiger partial charge in [-0.25, -0.2) is 0 Å². The second-order valence-electron chi connectivity index (χ2n) is 7.96. The molecule has 0 aliphatic carbocycles. The number of hydrogen-bond acceptors (Lipinski definition) is 1. The van der Waals surface area contributed by atoms with E-state index in [1.54, 1.807) is 11.8 Å². The molecule has 3 rings (SSSR count). The number of fused-ring (bicyclic) bond motifs is 1. The van der Waals surface area contributed by atoms with Crippen LogP contribution >= 0.6 is 0 Å². The summed E-state index contributed by atoms with van der Waals surface area (Å²) in [5.41, 5.74) is 4.80. The van der Waals surface area contributed by atoms with Crippen LogP contribution in [0.25, 0.3) is 0 Å². The number of benzene rings is 2. The SMILES string of the molecule is CCCC[N+]1=C(C=CC=CN(C(C)=O)c2ccccc2)C(C)(C)c2ccccc21. The van der Waals surface area contributed by atoms with Gasteiger partial charge in [-0.15, -0.1) is 0 Å². The third-order valence-corrected chi connectivity index (χ3v) is 5.51. The Labute approximate surface area is 174 Å². The monoisotopic (exact) mass is 387 g/mol. The summed E-state index contributed by atoms with van der Waals surface area (Å²) in [7, 11) is 0. The molecule has 0 saturated heterocycles. The molecule has 1 aliphatic rings. The smallest absolute Gasteiger partial charge is 0.227 e. The number of carbonyl (C=O) groups excluding carboxylic acids is 1. The first kappa shape index (κ1) is 20.8. The van der Waals surface area contributed by atoms with Crippen molar-refractivity contribution >= 4 is 23.0 Å². The second kappa shape index (κ2) is 9.04. The summed E-state index contributed by atoms with van der Waals surface area (Å²) in [5.74, 6) is -0.00771. The van der Waals surface area contributed by atoms with E-state index in [1.807, 2.05) is 48.7 Å². The maximum atomic E-state index is 12.1. The molecule has 29 heavy (non-hydrogen) atoms. The van der Waals surface area contributed by atoms with E-state index in [0.29, 0.717) is 0 Å². The molecule has 2 aromatic carbocycles. The van der Waals surface area contributed by atoms with Gasteiger partial charge < -0.3 is 0 Å². The van der Waals surface area contributed by atoms with Crippen molar-refractivity contribution in [2.24, 2.45) is 0 Å². The van der Waals surface area contributed by atoms with Gasteiger partial charge in [-0.1, -0.05) is 55.8 Å². The summed E-state index contributed by atoms with van der Waals surface area (Å²) in [6.07, 6.45) is 10.3. The van der Waals surface area contributed by atoms with Crippen LogP contribution in [0.2, 0.25) is 0 Å². The average Bonchev–Trinajstić information content (AvgIpc) is 2.93. The van der Waals surface area contributed by atoms with Gasteiger partial charge in [-0.05, 0) is 32.1 Å². The van der Waals surface area contributed by atoms with Crippen molar-refractivity contribution < 1.29 is 9.37 Å². The first-order valence-corrected chi connectivity index (χ1v) is 10.4. The molecule has 3 nitrogen and oxygen atoms in total. The zero-order valence-corrected chi connectivity index (χ0v) is 17.9. The predicted octanol–water partition coefficient (Wildman–Crippen LogP) is 5.99. The summed E-state index contributed by atoms with van der Waals surface area (Å²) in [6.45, 7) is 9.40. The minimum atomic E-state index is -0.0473. The van der Waals surface area contributed by atoms with Gasteiger partial charge in [0, 0.05) is 42.9 Å². The Kier molecular flexibility index (Phi) is 6.48. The molecule has 0 unspecified atom stereocenters. The highest BCUT2D eigenvalue weighted by Crippen LogP contribution is 2.39. The van der Waals surface area contributed by atoms with Crippen molar-refractivity contribution in [2.45, 2.75) is 46.0 Å². The first-order valence-electron chi connectivity index (χ1n) is 10.4. The molecule has 0 saturated carbocycles. The quantitative estimate of drug-likeness (QED) is 0.423. The van der Waals surface area contributed by atoms with Crippen LogP contribution in [0.4, 0.5) is 11.4 Å². The zero-order chi connectivity index (χ0) is 20.9. The van der Waals surface area contributed by atoms with Crippen LogP contribution in [-0.4, -0.2) is 22.7 Å². The Bertz CT molecular complexity index is 952. The van der Waals surface area contributed by atoms with Gasteiger partial charge in [0.25, 0.3) is 0 Å². The van der Waals surface area contributed by atoms with Crippen molar-refractivity contribution in [3.63, 3.8) is 0 Å². The number of anilines is 1. The van der Waals surface area contributed by atoms with E-state index in [9.17, 15) is 4.79 Å². The number of hydrogen-bond donors (Lipinski definition) is 0. The van der Waals surface area contributed by atoms with Crippen LogP contribution < -0.4 is 4.90 Å². The third kappa shape index (κ3) is 4.40. The number of nitrogens with zero attached hydrogens (tertiary/aromatic N) is 2. The normalized spacial score (nSPS) is 15.3. The molecule has 150 valence electrons. The Morgan fingerprint density at radius 2 is 1.72 bits per heavy atom. The maximum Gasteiger partial charge on any atom is 0.227 e. The number of unbranched alkanes of at least 4 members (excludes halogenated alkanes) is 1. The van der Waals surface area contributed by atoms with E-state index in [-0.39, 0.29) is 11.3 Å². The molecule has 1 amide bonds. The fourth-order valence-corrected chi connectivity index (χ4v) is 3.94. The van der Waals surface area contributed by atoms with Gasteiger partial charge in [0.05, 0.1) is 5.41 Å². The number of amides is 1. The van der Waals surface area contributed by atoms with E-state index < -0.39 is 0 Å². The fraction of sp³-hybridized carbons (Fsp3) is 0.308. The molecule has 0 spiro atoms. The Morgan fingerprint density at radius 3 is 2.41 bits per heavy atom. The molecule has 0 aromatic heterocycles. The maximum absolute atomic E-state index is 12.1. The lowest BCUT2D eigenvalue weighted by atomic mass is 9.81. The van der Waals surface area contributed by atoms with Gasteiger partial charge in [-0.2, -0.15) is 4.58 Å². The highest BCUT2D eigenvalue weighted by molar-refractivity contribution is 6.03. The molecule has 0 N–H and O–H groups in total. The summed E-state index contributed by atoms with van der Waals surface area (Å²) in [4.78, 5) is 13.7. The summed E-state index contributed by atoms with van der Waals surface area (Å²) in [6, 6.07) is 18.4. The van der Waals surface area contributed by atoms with E-state index in [1.165, 1.54) is 23.4 Å². The lowest BCUT2D eigenvalue weighted by molar-refractivity contribution is -0.438. The lowest BCUT2D eigenvalue weighted by Gasteiger charge is -2.16. The predicted molar refractivity (Wildman–Crippen MR) is 122 cm³/mol. The van der Waals surface area contributed by atoms with Crippen molar-refractivity contribution in [1.82, 2.24) is 0 Å². The van der Waals surface area contributed by atoms with E-state index in [0.717, 1.165) is 18.7 Å². The van der Waals surface area contributed by atoms with Gasteiger partial charge in [0.2, 0.25) is 11.6 Å². The minimum absolute atomic E-state index is 0.00771. The molecule has 3 heteroatoms. The minimum Gasteiger partial charge on any atom is -0.288 e. The summed E-state index contributed by atoms with van der Waals surface area (Å²) < 4.78 is 2.45. The van der Waals surface area contributed by atoms with Gasteiger partial charge in [0.1, 0.15) is 6.54 Å². The van der Waals surface area contributed by atoms with Crippen molar-refractivity contribution in [3.05, 3.63) is 84.6 Å². The number of carbonyl (C=O) groups is 1. The van der Waals surface area contributed by atoms with Crippen LogP contribution in [-0.2, 0) is 10.2 Å². The largest absolute Gasteiger partial charge is 0.288 e. The molecule has 0 radical (unpaired) electrons. The summed E-state index contributed by atoms with van der Waals surface area (Å²) in [5, 5.41) is 0. The fourth-order valence-electron chi connectivity index (χ4n) is 3.94. The van der Waals surface area contributed by atoms with Gasteiger partial charge in [-0.3, -0.25) is 9.69 Å². The first-order chi connectivity index (χ1) is 14.0. The molecule has 1 heterocycles. The van der Waals surface area contributed by atoms with Gasteiger partial charge >= 0.3 is 0 Å². The van der Waals surface area contributed by atoms with Crippen molar-refractivity contribution in [1.29, 1.82) is 0 Å². The number of para-hydroxylation sites is 2. The molecular weight excluding hydrogens is 356 g/mol. The van der Waals surface area contributed by atoms with Crippen LogP contribution in [0.3, 0.4) is 0 Å². The molecule has 0 fully saturated rings. The van der Waals surface area contributed by atoms with E-state index in [4.69, 9.17) is 0 Å². The van der Waals surface area contributed by atoms with Crippen LogP contribution in [0.5, 0.6) is 0 Å². The van der Waals surface area contributed by atoms with Crippen LogP contribution in [0.15, 0.2) is 79.0 Å². The van der Waals surface area contributed by atoms with E-state index >= 15 is 0 Å². The topological polar surface area (TPSA) is 23.3 Å². The van der Waals surface area contributed by atoms with Crippen LogP contribution in [0, 0.1) is 0 Å². The molecule has 2 aromatic rings. The number of allylic oxidation sites excluding steroid dienone is 3. The van der Waals surface area contributed by atoms with E-state index in [2.05, 4.69) is 55.7 Å². The molecule has 1 aliphatic heterocycles.